The fraction of sp³-hybridized carbons (Fsp3) is 0.250. The van der Waals surface area contributed by atoms with Crippen molar-refractivity contribution in [1.29, 1.82) is 0 Å². The fourth-order valence-electron chi connectivity index (χ4n) is 2.13. The van der Waals surface area contributed by atoms with Gasteiger partial charge in [-0.15, -0.1) is 0 Å². The Labute approximate surface area is 136 Å². The Morgan fingerprint density at radius 3 is 2.30 bits per heavy atom. The standard InChI is InChI=1S/C16H16Br2O2/c1-16(19,12-4-6-13(17)7-5-12)10-11-3-8-15(20-2)14(18)9-11/h3-9,19H,10H2,1-2H3. The summed E-state index contributed by atoms with van der Waals surface area (Å²) in [4.78, 5) is 0. The van der Waals surface area contributed by atoms with Crippen LogP contribution in [-0.2, 0) is 12.0 Å². The SMILES string of the molecule is COc1ccc(CC(C)(O)c2ccc(Br)cc2)cc1Br. The quantitative estimate of drug-likeness (QED) is 0.809. The second kappa shape index (κ2) is 6.29. The van der Waals surface area contributed by atoms with Crippen molar-refractivity contribution in [3.05, 3.63) is 62.5 Å². The van der Waals surface area contributed by atoms with Crippen molar-refractivity contribution in [2.24, 2.45) is 0 Å². The highest BCUT2D eigenvalue weighted by Crippen LogP contribution is 2.30. The molecule has 0 aliphatic rings. The predicted octanol–water partition coefficient (Wildman–Crippen LogP) is 4.67. The van der Waals surface area contributed by atoms with Gasteiger partial charge in [-0.2, -0.15) is 0 Å². The molecule has 1 N–H and O–H groups in total. The number of methoxy groups -OCH3 is 1. The molecule has 0 fully saturated rings. The summed E-state index contributed by atoms with van der Waals surface area (Å²) in [6, 6.07) is 13.6. The van der Waals surface area contributed by atoms with Crippen molar-refractivity contribution in [2.45, 2.75) is 18.9 Å². The first kappa shape index (κ1) is 15.5. The molecule has 0 heterocycles. The van der Waals surface area contributed by atoms with Crippen LogP contribution in [0.2, 0.25) is 0 Å². The maximum absolute atomic E-state index is 10.7. The van der Waals surface area contributed by atoms with Crippen molar-refractivity contribution in [3.8, 4) is 5.75 Å². The molecule has 106 valence electrons. The van der Waals surface area contributed by atoms with E-state index in [2.05, 4.69) is 31.9 Å². The lowest BCUT2D eigenvalue weighted by atomic mass is 9.89. The monoisotopic (exact) mass is 398 g/mol. The lowest BCUT2D eigenvalue weighted by Crippen LogP contribution is -2.24. The lowest BCUT2D eigenvalue weighted by molar-refractivity contribution is 0.0576. The van der Waals surface area contributed by atoms with E-state index in [0.717, 1.165) is 25.8 Å². The van der Waals surface area contributed by atoms with E-state index in [1.165, 1.54) is 0 Å². The molecule has 0 aromatic heterocycles. The van der Waals surface area contributed by atoms with Crippen LogP contribution in [0.25, 0.3) is 0 Å². The van der Waals surface area contributed by atoms with Gasteiger partial charge in [-0.05, 0) is 58.2 Å². The molecule has 0 bridgehead atoms. The Bertz CT molecular complexity index is 592. The van der Waals surface area contributed by atoms with Crippen LogP contribution in [0.5, 0.6) is 5.75 Å². The number of rotatable bonds is 4. The molecular weight excluding hydrogens is 384 g/mol. The second-order valence-corrected chi connectivity index (χ2v) is 6.70. The third-order valence-corrected chi connectivity index (χ3v) is 4.38. The van der Waals surface area contributed by atoms with E-state index in [1.807, 2.05) is 49.4 Å². The Balaban J connectivity index is 2.23. The summed E-state index contributed by atoms with van der Waals surface area (Å²) in [5, 5.41) is 10.7. The van der Waals surface area contributed by atoms with Crippen molar-refractivity contribution in [1.82, 2.24) is 0 Å². The van der Waals surface area contributed by atoms with Gasteiger partial charge in [0, 0.05) is 10.9 Å². The molecular formula is C16H16Br2O2. The number of hydrogen-bond donors (Lipinski definition) is 1. The lowest BCUT2D eigenvalue weighted by Gasteiger charge is -2.24. The van der Waals surface area contributed by atoms with Gasteiger partial charge in [-0.1, -0.05) is 34.1 Å². The first-order valence-electron chi connectivity index (χ1n) is 6.23. The van der Waals surface area contributed by atoms with Gasteiger partial charge in [0.25, 0.3) is 0 Å². The van der Waals surface area contributed by atoms with Gasteiger partial charge in [0.2, 0.25) is 0 Å². The minimum atomic E-state index is -0.908. The molecule has 2 aromatic rings. The fourth-order valence-corrected chi connectivity index (χ4v) is 2.98. The number of aliphatic hydroxyl groups is 1. The van der Waals surface area contributed by atoms with Crippen molar-refractivity contribution < 1.29 is 9.84 Å². The second-order valence-electron chi connectivity index (χ2n) is 4.93. The summed E-state index contributed by atoms with van der Waals surface area (Å²) in [6.07, 6.45) is 0.539. The normalized spacial score (nSPS) is 13.8. The van der Waals surface area contributed by atoms with E-state index in [1.54, 1.807) is 7.11 Å². The molecule has 0 aliphatic heterocycles. The van der Waals surface area contributed by atoms with Crippen LogP contribution in [0.3, 0.4) is 0 Å². The summed E-state index contributed by atoms with van der Waals surface area (Å²) in [6.45, 7) is 1.83. The van der Waals surface area contributed by atoms with Crippen LogP contribution in [0.4, 0.5) is 0 Å². The predicted molar refractivity (Wildman–Crippen MR) is 88.1 cm³/mol. The largest absolute Gasteiger partial charge is 0.496 e. The van der Waals surface area contributed by atoms with Crippen LogP contribution in [0, 0.1) is 0 Å². The average molecular weight is 400 g/mol. The molecule has 0 amide bonds. The first-order chi connectivity index (χ1) is 9.42. The van der Waals surface area contributed by atoms with E-state index >= 15 is 0 Å². The van der Waals surface area contributed by atoms with Gasteiger partial charge >= 0.3 is 0 Å². The molecule has 20 heavy (non-hydrogen) atoms. The van der Waals surface area contributed by atoms with Gasteiger partial charge < -0.3 is 9.84 Å². The van der Waals surface area contributed by atoms with Crippen LogP contribution in [0.1, 0.15) is 18.1 Å². The summed E-state index contributed by atoms with van der Waals surface area (Å²) in [5.74, 6) is 0.789. The van der Waals surface area contributed by atoms with E-state index in [4.69, 9.17) is 4.74 Å². The highest BCUT2D eigenvalue weighted by Gasteiger charge is 2.23. The van der Waals surface area contributed by atoms with Crippen LogP contribution in [-0.4, -0.2) is 12.2 Å². The van der Waals surface area contributed by atoms with Crippen molar-refractivity contribution in [2.75, 3.05) is 7.11 Å². The zero-order valence-corrected chi connectivity index (χ0v) is 14.5. The molecule has 0 spiro atoms. The minimum absolute atomic E-state index is 0.539. The van der Waals surface area contributed by atoms with Gasteiger partial charge in [0.1, 0.15) is 5.75 Å². The molecule has 2 nitrogen and oxygen atoms in total. The molecule has 0 radical (unpaired) electrons. The molecule has 1 unspecified atom stereocenters. The van der Waals surface area contributed by atoms with Crippen molar-refractivity contribution in [3.63, 3.8) is 0 Å². The molecule has 4 heteroatoms. The topological polar surface area (TPSA) is 29.5 Å². The highest BCUT2D eigenvalue weighted by atomic mass is 79.9. The Morgan fingerprint density at radius 2 is 1.75 bits per heavy atom. The zero-order chi connectivity index (χ0) is 14.8. The third kappa shape index (κ3) is 3.62. The number of benzene rings is 2. The summed E-state index contributed by atoms with van der Waals surface area (Å²) in [5.41, 5.74) is 1.03. The Kier molecular flexibility index (Phi) is 4.89. The smallest absolute Gasteiger partial charge is 0.133 e. The van der Waals surface area contributed by atoms with E-state index in [9.17, 15) is 5.11 Å². The van der Waals surface area contributed by atoms with Gasteiger partial charge in [-0.3, -0.25) is 0 Å². The van der Waals surface area contributed by atoms with E-state index < -0.39 is 5.60 Å². The van der Waals surface area contributed by atoms with E-state index in [0.29, 0.717) is 6.42 Å². The number of ether oxygens (including phenoxy) is 1. The summed E-state index contributed by atoms with van der Waals surface area (Å²) < 4.78 is 7.11. The van der Waals surface area contributed by atoms with E-state index in [-0.39, 0.29) is 0 Å². The first-order valence-corrected chi connectivity index (χ1v) is 7.82. The van der Waals surface area contributed by atoms with Crippen LogP contribution in [0.15, 0.2) is 51.4 Å². The Morgan fingerprint density at radius 1 is 1.10 bits per heavy atom. The Hall–Kier alpha value is -0.840. The maximum Gasteiger partial charge on any atom is 0.133 e. The summed E-state index contributed by atoms with van der Waals surface area (Å²) in [7, 11) is 1.64. The van der Waals surface area contributed by atoms with Crippen molar-refractivity contribution >= 4 is 31.9 Å². The molecule has 2 rings (SSSR count). The maximum atomic E-state index is 10.7. The highest BCUT2D eigenvalue weighted by molar-refractivity contribution is 9.10. The van der Waals surface area contributed by atoms with Gasteiger partial charge in [0.15, 0.2) is 0 Å². The average Bonchev–Trinajstić information content (AvgIpc) is 2.39. The molecule has 0 saturated heterocycles. The zero-order valence-electron chi connectivity index (χ0n) is 11.4. The summed E-state index contributed by atoms with van der Waals surface area (Å²) >= 11 is 6.87. The minimum Gasteiger partial charge on any atom is -0.496 e. The molecule has 1 atom stereocenters. The van der Waals surface area contributed by atoms with Gasteiger partial charge in [0.05, 0.1) is 17.2 Å². The van der Waals surface area contributed by atoms with Crippen LogP contribution < -0.4 is 4.74 Å². The van der Waals surface area contributed by atoms with Gasteiger partial charge in [-0.25, -0.2) is 0 Å². The number of hydrogen-bond acceptors (Lipinski definition) is 2. The molecule has 0 aliphatic carbocycles. The molecule has 0 saturated carbocycles. The molecule has 2 aromatic carbocycles. The third-order valence-electron chi connectivity index (χ3n) is 3.23. The van der Waals surface area contributed by atoms with Crippen LogP contribution >= 0.6 is 31.9 Å². The number of halogens is 2.